The number of hydrogen-bond acceptors (Lipinski definition) is 4. The molecule has 2 N–H and O–H groups in total. The first kappa shape index (κ1) is 19.8. The molecule has 0 unspecified atom stereocenters. The fourth-order valence-corrected chi connectivity index (χ4v) is 3.02. The smallest absolute Gasteiger partial charge is 0.407 e. The minimum Gasteiger partial charge on any atom is -0.465 e. The van der Waals surface area contributed by atoms with Gasteiger partial charge in [0, 0.05) is 32.7 Å². The molecule has 0 spiro atoms. The summed E-state index contributed by atoms with van der Waals surface area (Å²) in [5.74, 6) is -0.561. The molecule has 1 aliphatic heterocycles. The number of amides is 2. The van der Waals surface area contributed by atoms with Gasteiger partial charge in [-0.15, -0.1) is 0 Å². The number of ether oxygens (including phenoxy) is 2. The molecule has 25 heavy (non-hydrogen) atoms. The Labute approximate surface area is 155 Å². The van der Waals surface area contributed by atoms with E-state index in [1.54, 1.807) is 18.2 Å². The lowest BCUT2D eigenvalue weighted by molar-refractivity contribution is -0.125. The highest BCUT2D eigenvalue weighted by Crippen LogP contribution is 2.31. The minimum absolute atomic E-state index is 0.0502. The van der Waals surface area contributed by atoms with Crippen LogP contribution in [0.5, 0.6) is 0 Å². The molecule has 0 aliphatic carbocycles. The van der Waals surface area contributed by atoms with Crippen LogP contribution in [-0.4, -0.2) is 68.1 Å². The van der Waals surface area contributed by atoms with Gasteiger partial charge in [0.15, 0.2) is 0 Å². The Kier molecular flexibility index (Phi) is 7.31. The van der Waals surface area contributed by atoms with Crippen LogP contribution in [0.1, 0.15) is 11.5 Å². The molecular formula is C16H20Cl2N2O5. The first-order valence-electron chi connectivity index (χ1n) is 7.72. The van der Waals surface area contributed by atoms with Crippen LogP contribution in [0.25, 0.3) is 0 Å². The third-order valence-electron chi connectivity index (χ3n) is 3.98. The van der Waals surface area contributed by atoms with E-state index >= 15 is 0 Å². The largest absolute Gasteiger partial charge is 0.465 e. The van der Waals surface area contributed by atoms with Crippen molar-refractivity contribution in [3.63, 3.8) is 0 Å². The Morgan fingerprint density at radius 2 is 2.16 bits per heavy atom. The van der Waals surface area contributed by atoms with Gasteiger partial charge in [-0.3, -0.25) is 4.79 Å². The molecule has 2 atom stereocenters. The molecule has 9 heteroatoms. The van der Waals surface area contributed by atoms with Gasteiger partial charge in [-0.1, -0.05) is 29.3 Å². The molecule has 1 saturated heterocycles. The van der Waals surface area contributed by atoms with Crippen molar-refractivity contribution in [2.45, 2.75) is 12.0 Å². The Hall–Kier alpha value is -1.54. The maximum absolute atomic E-state index is 11.7. The van der Waals surface area contributed by atoms with Crippen LogP contribution in [0.15, 0.2) is 18.2 Å². The van der Waals surface area contributed by atoms with Gasteiger partial charge in [-0.2, -0.15) is 0 Å². The molecule has 2 rings (SSSR count). The number of carbonyl (C=O) groups is 2. The van der Waals surface area contributed by atoms with Gasteiger partial charge in [-0.25, -0.2) is 4.79 Å². The fourth-order valence-electron chi connectivity index (χ4n) is 2.71. The SMILES string of the molecule is COCC(=O)NC[C@H]1OCCN(C(=O)O)C[C@H]1c1ccc(Cl)c(Cl)c1. The zero-order valence-corrected chi connectivity index (χ0v) is 15.2. The summed E-state index contributed by atoms with van der Waals surface area (Å²) in [5.41, 5.74) is 0.800. The molecule has 0 aromatic heterocycles. The summed E-state index contributed by atoms with van der Waals surface area (Å²) in [5, 5.41) is 12.9. The van der Waals surface area contributed by atoms with Gasteiger partial charge in [0.2, 0.25) is 5.91 Å². The molecule has 0 saturated carbocycles. The van der Waals surface area contributed by atoms with Gasteiger partial charge >= 0.3 is 6.09 Å². The molecule has 0 radical (unpaired) electrons. The maximum Gasteiger partial charge on any atom is 0.407 e. The predicted molar refractivity (Wildman–Crippen MR) is 93.4 cm³/mol. The Bertz CT molecular complexity index is 629. The van der Waals surface area contributed by atoms with Crippen molar-refractivity contribution < 1.29 is 24.2 Å². The van der Waals surface area contributed by atoms with E-state index in [0.717, 1.165) is 5.56 Å². The normalized spacial score (nSPS) is 20.8. The lowest BCUT2D eigenvalue weighted by Gasteiger charge is -2.27. The summed E-state index contributed by atoms with van der Waals surface area (Å²) in [6.07, 6.45) is -1.42. The molecule has 7 nitrogen and oxygen atoms in total. The molecular weight excluding hydrogens is 371 g/mol. The van der Waals surface area contributed by atoms with Crippen LogP contribution in [0.4, 0.5) is 4.79 Å². The van der Waals surface area contributed by atoms with Crippen molar-refractivity contribution in [3.8, 4) is 0 Å². The molecule has 1 aromatic carbocycles. The number of methoxy groups -OCH3 is 1. The van der Waals surface area contributed by atoms with Crippen LogP contribution in [0, 0.1) is 0 Å². The standard InChI is InChI=1S/C16H20Cl2N2O5/c1-24-9-15(21)19-7-14-11(8-20(16(22)23)4-5-25-14)10-2-3-12(17)13(18)6-10/h2-3,6,11,14H,4-5,7-9H2,1H3,(H,19,21)(H,22,23)/t11-,14+/m0/s1. The van der Waals surface area contributed by atoms with E-state index in [1.165, 1.54) is 12.0 Å². The number of hydrogen-bond donors (Lipinski definition) is 2. The monoisotopic (exact) mass is 390 g/mol. The van der Waals surface area contributed by atoms with Crippen LogP contribution in [-0.2, 0) is 14.3 Å². The summed E-state index contributed by atoms with van der Waals surface area (Å²) in [6.45, 7) is 0.925. The molecule has 0 bridgehead atoms. The van der Waals surface area contributed by atoms with E-state index in [4.69, 9.17) is 32.7 Å². The van der Waals surface area contributed by atoms with Crippen LogP contribution < -0.4 is 5.32 Å². The van der Waals surface area contributed by atoms with Gasteiger partial charge in [0.25, 0.3) is 0 Å². The minimum atomic E-state index is -1.02. The summed E-state index contributed by atoms with van der Waals surface area (Å²) >= 11 is 12.1. The molecule has 1 heterocycles. The summed E-state index contributed by atoms with van der Waals surface area (Å²) < 4.78 is 10.6. The van der Waals surface area contributed by atoms with Crippen molar-refractivity contribution in [2.24, 2.45) is 0 Å². The van der Waals surface area contributed by atoms with E-state index in [-0.39, 0.29) is 44.7 Å². The van der Waals surface area contributed by atoms with Gasteiger partial charge in [0.1, 0.15) is 6.61 Å². The molecule has 1 fully saturated rings. The first-order chi connectivity index (χ1) is 11.9. The Morgan fingerprint density at radius 3 is 2.80 bits per heavy atom. The van der Waals surface area contributed by atoms with Crippen LogP contribution in [0.3, 0.4) is 0 Å². The second-order valence-corrected chi connectivity index (χ2v) is 6.47. The van der Waals surface area contributed by atoms with E-state index in [9.17, 15) is 14.7 Å². The highest BCUT2D eigenvalue weighted by atomic mass is 35.5. The Balaban J connectivity index is 2.22. The number of halogens is 2. The summed E-state index contributed by atoms with van der Waals surface area (Å²) in [7, 11) is 1.44. The van der Waals surface area contributed by atoms with Crippen molar-refractivity contribution >= 4 is 35.2 Å². The molecule has 1 aliphatic rings. The highest BCUT2D eigenvalue weighted by molar-refractivity contribution is 6.42. The van der Waals surface area contributed by atoms with E-state index in [0.29, 0.717) is 10.0 Å². The number of nitrogens with one attached hydrogen (secondary N) is 1. The lowest BCUT2D eigenvalue weighted by atomic mass is 9.92. The number of carboxylic acid groups (broad SMARTS) is 1. The highest BCUT2D eigenvalue weighted by Gasteiger charge is 2.31. The first-order valence-corrected chi connectivity index (χ1v) is 8.48. The summed E-state index contributed by atoms with van der Waals surface area (Å²) in [6, 6.07) is 5.15. The topological polar surface area (TPSA) is 88.1 Å². The van der Waals surface area contributed by atoms with Gasteiger partial charge in [-0.05, 0) is 17.7 Å². The fraction of sp³-hybridized carbons (Fsp3) is 0.500. The zero-order valence-electron chi connectivity index (χ0n) is 13.7. The quantitative estimate of drug-likeness (QED) is 0.804. The lowest BCUT2D eigenvalue weighted by Crippen LogP contribution is -2.40. The van der Waals surface area contributed by atoms with Crippen LogP contribution in [0.2, 0.25) is 10.0 Å². The summed E-state index contributed by atoms with van der Waals surface area (Å²) in [4.78, 5) is 24.3. The van der Waals surface area contributed by atoms with Gasteiger partial charge < -0.3 is 24.8 Å². The van der Waals surface area contributed by atoms with Crippen molar-refractivity contribution in [1.29, 1.82) is 0 Å². The van der Waals surface area contributed by atoms with Crippen molar-refractivity contribution in [2.75, 3.05) is 40.0 Å². The van der Waals surface area contributed by atoms with Crippen molar-refractivity contribution in [1.82, 2.24) is 10.2 Å². The van der Waals surface area contributed by atoms with Crippen LogP contribution >= 0.6 is 23.2 Å². The Morgan fingerprint density at radius 1 is 1.40 bits per heavy atom. The van der Waals surface area contributed by atoms with Gasteiger partial charge in [0.05, 0.1) is 22.8 Å². The molecule has 1 aromatic rings. The number of benzene rings is 1. The predicted octanol–water partition coefficient (Wildman–Crippen LogP) is 2.22. The average molecular weight is 391 g/mol. The second kappa shape index (κ2) is 9.24. The van der Waals surface area contributed by atoms with Crippen molar-refractivity contribution in [3.05, 3.63) is 33.8 Å². The third-order valence-corrected chi connectivity index (χ3v) is 4.72. The zero-order chi connectivity index (χ0) is 18.4. The third kappa shape index (κ3) is 5.47. The second-order valence-electron chi connectivity index (χ2n) is 5.65. The van der Waals surface area contributed by atoms with E-state index in [2.05, 4.69) is 5.32 Å². The number of carbonyl (C=O) groups excluding carboxylic acids is 1. The average Bonchev–Trinajstić information content (AvgIpc) is 2.78. The number of nitrogens with zero attached hydrogens (tertiary/aromatic N) is 1. The van der Waals surface area contributed by atoms with E-state index < -0.39 is 12.2 Å². The number of rotatable bonds is 5. The molecule has 2 amide bonds. The molecule has 138 valence electrons. The van der Waals surface area contributed by atoms with E-state index in [1.807, 2.05) is 0 Å². The maximum atomic E-state index is 11.7.